The highest BCUT2D eigenvalue weighted by molar-refractivity contribution is 5.96. The molecule has 11 heteroatoms. The van der Waals surface area contributed by atoms with Gasteiger partial charge in [0.1, 0.15) is 18.2 Å². The average Bonchev–Trinajstić information content (AvgIpc) is 2.68. The zero-order valence-corrected chi connectivity index (χ0v) is 17.0. The van der Waals surface area contributed by atoms with Gasteiger partial charge in [-0.05, 0) is 24.1 Å². The standard InChI is InChI=1S/C20H26N2O9/c1-2-3-4-9-21-18(26)14(22-15(23)11-16(24)25)10-12-5-7-13(8-6-12)31-17(19(27)28)20(29)30/h5-8,14,17H,2-4,9-11H2,1H3,(H,21,26)(H,22,23)(H,24,25)(H,27,28)(H,29,30)/t14-/m0/s1. The molecule has 0 aromatic heterocycles. The number of carbonyl (C=O) groups is 5. The number of hydrogen-bond donors (Lipinski definition) is 5. The molecule has 0 radical (unpaired) electrons. The lowest BCUT2D eigenvalue weighted by atomic mass is 10.0. The van der Waals surface area contributed by atoms with Gasteiger partial charge in [-0.1, -0.05) is 31.9 Å². The second kappa shape index (κ2) is 12.8. The first-order valence-electron chi connectivity index (χ1n) is 9.64. The van der Waals surface area contributed by atoms with Crippen molar-refractivity contribution in [3.05, 3.63) is 29.8 Å². The number of carboxylic acids is 3. The van der Waals surface area contributed by atoms with Crippen LogP contribution in [0.25, 0.3) is 0 Å². The number of carboxylic acid groups (broad SMARTS) is 3. The zero-order valence-electron chi connectivity index (χ0n) is 17.0. The predicted octanol–water partition coefficient (Wildman–Crippen LogP) is 0.412. The average molecular weight is 438 g/mol. The highest BCUT2D eigenvalue weighted by Gasteiger charge is 2.28. The van der Waals surface area contributed by atoms with E-state index in [0.717, 1.165) is 19.3 Å². The highest BCUT2D eigenvalue weighted by atomic mass is 16.5. The van der Waals surface area contributed by atoms with Gasteiger partial charge in [-0.2, -0.15) is 0 Å². The number of rotatable bonds is 14. The Hall–Kier alpha value is -3.63. The lowest BCUT2D eigenvalue weighted by Gasteiger charge is -2.19. The summed E-state index contributed by atoms with van der Waals surface area (Å²) < 4.78 is 4.92. The molecule has 0 saturated heterocycles. The molecule has 0 fully saturated rings. The van der Waals surface area contributed by atoms with Crippen molar-refractivity contribution in [2.45, 2.75) is 51.2 Å². The van der Waals surface area contributed by atoms with E-state index in [2.05, 4.69) is 10.6 Å². The Balaban J connectivity index is 2.85. The summed E-state index contributed by atoms with van der Waals surface area (Å²) in [6.45, 7) is 2.43. The van der Waals surface area contributed by atoms with E-state index in [1.807, 2.05) is 6.92 Å². The van der Waals surface area contributed by atoms with E-state index in [1.165, 1.54) is 24.3 Å². The summed E-state index contributed by atoms with van der Waals surface area (Å²) in [7, 11) is 0. The molecule has 0 bridgehead atoms. The summed E-state index contributed by atoms with van der Waals surface area (Å²) in [5.74, 6) is -5.92. The smallest absolute Gasteiger partial charge is 0.356 e. The molecule has 5 N–H and O–H groups in total. The minimum Gasteiger partial charge on any atom is -0.481 e. The number of nitrogens with one attached hydrogen (secondary N) is 2. The maximum atomic E-state index is 12.5. The van der Waals surface area contributed by atoms with Crippen LogP contribution in [0, 0.1) is 0 Å². The van der Waals surface area contributed by atoms with E-state index in [9.17, 15) is 24.0 Å². The minimum absolute atomic E-state index is 0.00553. The van der Waals surface area contributed by atoms with Crippen molar-refractivity contribution in [2.75, 3.05) is 6.54 Å². The molecule has 0 saturated carbocycles. The molecule has 170 valence electrons. The second-order valence-electron chi connectivity index (χ2n) is 6.71. The van der Waals surface area contributed by atoms with Crippen molar-refractivity contribution in [1.29, 1.82) is 0 Å². The number of unbranched alkanes of at least 4 members (excludes halogenated alkanes) is 2. The molecule has 1 aromatic rings. The summed E-state index contributed by atoms with van der Waals surface area (Å²) in [6, 6.07) is 4.62. The minimum atomic E-state index is -2.07. The maximum absolute atomic E-state index is 12.5. The summed E-state index contributed by atoms with van der Waals surface area (Å²) in [5, 5.41) is 31.6. The van der Waals surface area contributed by atoms with Gasteiger partial charge in [-0.3, -0.25) is 14.4 Å². The predicted molar refractivity (Wildman–Crippen MR) is 107 cm³/mol. The van der Waals surface area contributed by atoms with Crippen molar-refractivity contribution < 1.29 is 44.0 Å². The lowest BCUT2D eigenvalue weighted by Crippen LogP contribution is -2.48. The fourth-order valence-corrected chi connectivity index (χ4v) is 2.58. The van der Waals surface area contributed by atoms with Crippen LogP contribution in [0.4, 0.5) is 0 Å². The number of aliphatic carboxylic acids is 3. The van der Waals surface area contributed by atoms with E-state index < -0.39 is 48.3 Å². The van der Waals surface area contributed by atoms with Gasteiger partial charge in [0, 0.05) is 13.0 Å². The molecule has 0 aliphatic carbocycles. The molecule has 31 heavy (non-hydrogen) atoms. The van der Waals surface area contributed by atoms with Gasteiger partial charge < -0.3 is 30.7 Å². The van der Waals surface area contributed by atoms with E-state index >= 15 is 0 Å². The fourth-order valence-electron chi connectivity index (χ4n) is 2.58. The van der Waals surface area contributed by atoms with Gasteiger partial charge in [0.25, 0.3) is 6.10 Å². The number of ether oxygens (including phenoxy) is 1. The van der Waals surface area contributed by atoms with Crippen LogP contribution in [-0.2, 0) is 30.4 Å². The normalized spacial score (nSPS) is 11.4. The summed E-state index contributed by atoms with van der Waals surface area (Å²) in [4.78, 5) is 56.8. The second-order valence-corrected chi connectivity index (χ2v) is 6.71. The molecule has 1 aromatic carbocycles. The van der Waals surface area contributed by atoms with Crippen LogP contribution in [0.2, 0.25) is 0 Å². The van der Waals surface area contributed by atoms with Gasteiger partial charge in [-0.25, -0.2) is 9.59 Å². The lowest BCUT2D eigenvalue weighted by molar-refractivity contribution is -0.159. The Labute approximate surface area is 178 Å². The molecule has 0 spiro atoms. The molecule has 0 aliphatic rings. The number of amides is 2. The van der Waals surface area contributed by atoms with Crippen LogP contribution in [-0.4, -0.2) is 63.7 Å². The van der Waals surface area contributed by atoms with Crippen molar-refractivity contribution in [2.24, 2.45) is 0 Å². The Bertz CT molecular complexity index is 778. The topological polar surface area (TPSA) is 179 Å². The fraction of sp³-hybridized carbons (Fsp3) is 0.450. The Morgan fingerprint density at radius 2 is 1.58 bits per heavy atom. The molecule has 1 atom stereocenters. The maximum Gasteiger partial charge on any atom is 0.356 e. The van der Waals surface area contributed by atoms with Crippen molar-refractivity contribution in [3.8, 4) is 5.75 Å². The number of benzene rings is 1. The van der Waals surface area contributed by atoms with Crippen molar-refractivity contribution in [1.82, 2.24) is 10.6 Å². The highest BCUT2D eigenvalue weighted by Crippen LogP contribution is 2.16. The molecule has 0 heterocycles. The number of carbonyl (C=O) groups excluding carboxylic acids is 2. The quantitative estimate of drug-likeness (QED) is 0.203. The molecule has 2 amide bonds. The summed E-state index contributed by atoms with van der Waals surface area (Å²) in [6.07, 6.45) is -0.162. The van der Waals surface area contributed by atoms with Gasteiger partial charge in [0.2, 0.25) is 11.8 Å². The zero-order chi connectivity index (χ0) is 23.4. The van der Waals surface area contributed by atoms with Crippen LogP contribution in [0.15, 0.2) is 24.3 Å². The SMILES string of the molecule is CCCCCNC(=O)[C@H](Cc1ccc(OC(C(=O)O)C(=O)O)cc1)NC(=O)CC(=O)O. The van der Waals surface area contributed by atoms with E-state index in [0.29, 0.717) is 12.1 Å². The molecule has 0 unspecified atom stereocenters. The van der Waals surface area contributed by atoms with Crippen LogP contribution in [0.5, 0.6) is 5.75 Å². The van der Waals surface area contributed by atoms with Crippen LogP contribution in [0.3, 0.4) is 0 Å². The molecular formula is C20H26N2O9. The van der Waals surface area contributed by atoms with Gasteiger partial charge >= 0.3 is 17.9 Å². The van der Waals surface area contributed by atoms with E-state index in [-0.39, 0.29) is 12.2 Å². The first kappa shape index (κ1) is 25.4. The molecule has 0 aliphatic heterocycles. The van der Waals surface area contributed by atoms with E-state index in [4.69, 9.17) is 20.1 Å². The van der Waals surface area contributed by atoms with Crippen LogP contribution in [0.1, 0.15) is 38.2 Å². The summed E-state index contributed by atoms with van der Waals surface area (Å²) in [5.41, 5.74) is 0.555. The Morgan fingerprint density at radius 3 is 2.10 bits per heavy atom. The largest absolute Gasteiger partial charge is 0.481 e. The monoisotopic (exact) mass is 438 g/mol. The molecular weight excluding hydrogens is 412 g/mol. The van der Waals surface area contributed by atoms with Gasteiger partial charge in [0.05, 0.1) is 0 Å². The first-order chi connectivity index (χ1) is 14.6. The molecule has 11 nitrogen and oxygen atoms in total. The van der Waals surface area contributed by atoms with Crippen molar-refractivity contribution in [3.63, 3.8) is 0 Å². The Morgan fingerprint density at radius 1 is 0.968 bits per heavy atom. The Kier molecular flexibility index (Phi) is 10.5. The summed E-state index contributed by atoms with van der Waals surface area (Å²) >= 11 is 0. The first-order valence-corrected chi connectivity index (χ1v) is 9.64. The van der Waals surface area contributed by atoms with Gasteiger partial charge in [0.15, 0.2) is 0 Å². The van der Waals surface area contributed by atoms with Crippen LogP contribution >= 0.6 is 0 Å². The van der Waals surface area contributed by atoms with Crippen molar-refractivity contribution >= 4 is 29.7 Å². The molecule has 1 rings (SSSR count). The van der Waals surface area contributed by atoms with Crippen LogP contribution < -0.4 is 15.4 Å². The third kappa shape index (κ3) is 9.61. The number of hydrogen-bond acceptors (Lipinski definition) is 6. The third-order valence-corrected chi connectivity index (χ3v) is 4.11. The third-order valence-electron chi connectivity index (χ3n) is 4.11. The van der Waals surface area contributed by atoms with E-state index in [1.54, 1.807) is 0 Å². The van der Waals surface area contributed by atoms with Gasteiger partial charge in [-0.15, -0.1) is 0 Å².